The molecule has 1 N–H and O–H groups in total. The lowest BCUT2D eigenvalue weighted by Crippen LogP contribution is -1.99. The van der Waals surface area contributed by atoms with Gasteiger partial charge < -0.3 is 9.84 Å². The Hall–Kier alpha value is -1.39. The minimum atomic E-state index is -0.446. The van der Waals surface area contributed by atoms with Crippen LogP contribution in [0.5, 0.6) is 5.75 Å². The molecule has 0 saturated carbocycles. The Morgan fingerprint density at radius 1 is 1.42 bits per heavy atom. The van der Waals surface area contributed by atoms with Crippen molar-refractivity contribution in [3.63, 3.8) is 0 Å². The van der Waals surface area contributed by atoms with Gasteiger partial charge in [-0.25, -0.2) is 4.98 Å². The van der Waals surface area contributed by atoms with E-state index in [9.17, 15) is 5.11 Å². The average Bonchev–Trinajstić information content (AvgIpc) is 2.85. The van der Waals surface area contributed by atoms with Gasteiger partial charge in [-0.15, -0.1) is 11.3 Å². The predicted molar refractivity (Wildman–Crippen MR) is 77.6 cm³/mol. The van der Waals surface area contributed by atoms with Gasteiger partial charge in [-0.1, -0.05) is 13.0 Å². The second-order valence-electron chi connectivity index (χ2n) is 4.58. The van der Waals surface area contributed by atoms with Crippen molar-refractivity contribution in [1.29, 1.82) is 0 Å². The third-order valence-corrected chi connectivity index (χ3v) is 4.00. The van der Waals surface area contributed by atoms with Crippen LogP contribution in [0.25, 0.3) is 0 Å². The van der Waals surface area contributed by atoms with E-state index in [1.807, 2.05) is 30.5 Å². The van der Waals surface area contributed by atoms with Gasteiger partial charge >= 0.3 is 0 Å². The zero-order chi connectivity index (χ0) is 13.8. The normalized spacial score (nSPS) is 12.4. The molecular weight excluding hydrogens is 258 g/mol. The smallest absolute Gasteiger partial charge is 0.131 e. The van der Waals surface area contributed by atoms with Crippen molar-refractivity contribution in [3.05, 3.63) is 45.4 Å². The summed E-state index contributed by atoms with van der Waals surface area (Å²) < 4.78 is 5.78. The molecule has 1 aromatic carbocycles. The minimum absolute atomic E-state index is 0.446. The van der Waals surface area contributed by atoms with E-state index in [2.05, 4.69) is 11.9 Å². The summed E-state index contributed by atoms with van der Waals surface area (Å²) in [4.78, 5) is 4.47. The molecule has 0 saturated heterocycles. The zero-order valence-corrected chi connectivity index (χ0v) is 12.3. The van der Waals surface area contributed by atoms with Gasteiger partial charge in [0.2, 0.25) is 0 Å². The largest absolute Gasteiger partial charge is 0.487 e. The number of thiazole rings is 1. The molecule has 0 amide bonds. The quantitative estimate of drug-likeness (QED) is 0.907. The van der Waals surface area contributed by atoms with Crippen molar-refractivity contribution in [1.82, 2.24) is 4.98 Å². The van der Waals surface area contributed by atoms with Gasteiger partial charge in [-0.3, -0.25) is 0 Å². The third kappa shape index (κ3) is 3.55. The van der Waals surface area contributed by atoms with Crippen LogP contribution in [-0.2, 0) is 13.0 Å². The summed E-state index contributed by atoms with van der Waals surface area (Å²) in [5, 5.41) is 12.7. The van der Waals surface area contributed by atoms with Gasteiger partial charge in [0.15, 0.2) is 0 Å². The molecule has 1 heterocycles. The summed E-state index contributed by atoms with van der Waals surface area (Å²) in [6.45, 7) is 6.34. The number of hydrogen-bond donors (Lipinski definition) is 1. The molecule has 1 unspecified atom stereocenters. The molecule has 19 heavy (non-hydrogen) atoms. The number of aliphatic hydroxyl groups is 1. The molecule has 0 aliphatic rings. The number of hydrogen-bond acceptors (Lipinski definition) is 4. The highest BCUT2D eigenvalue weighted by molar-refractivity contribution is 7.09. The lowest BCUT2D eigenvalue weighted by molar-refractivity contribution is 0.199. The van der Waals surface area contributed by atoms with E-state index in [0.29, 0.717) is 6.61 Å². The van der Waals surface area contributed by atoms with Gasteiger partial charge in [-0.2, -0.15) is 0 Å². The Morgan fingerprint density at radius 2 is 2.21 bits per heavy atom. The number of aromatic nitrogens is 1. The van der Waals surface area contributed by atoms with Gasteiger partial charge in [-0.05, 0) is 43.5 Å². The standard InChI is InChI=1S/C15H19NO2S/c1-4-15-16-13(9-19-15)8-18-14-6-5-12(11(3)17)7-10(14)2/h5-7,9,11,17H,4,8H2,1-3H3. The van der Waals surface area contributed by atoms with Crippen LogP contribution >= 0.6 is 11.3 Å². The van der Waals surface area contributed by atoms with E-state index in [-0.39, 0.29) is 0 Å². The van der Waals surface area contributed by atoms with Crippen LogP contribution in [-0.4, -0.2) is 10.1 Å². The highest BCUT2D eigenvalue weighted by Gasteiger charge is 2.06. The van der Waals surface area contributed by atoms with E-state index >= 15 is 0 Å². The lowest BCUT2D eigenvalue weighted by Gasteiger charge is -2.11. The van der Waals surface area contributed by atoms with Gasteiger partial charge in [0, 0.05) is 5.38 Å². The number of aryl methyl sites for hydroxylation is 2. The van der Waals surface area contributed by atoms with E-state index in [1.54, 1.807) is 18.3 Å². The number of ether oxygens (including phenoxy) is 1. The van der Waals surface area contributed by atoms with Crippen LogP contribution in [0.4, 0.5) is 0 Å². The molecule has 102 valence electrons. The number of benzene rings is 1. The van der Waals surface area contributed by atoms with Crippen LogP contribution in [0.2, 0.25) is 0 Å². The van der Waals surface area contributed by atoms with Crippen molar-refractivity contribution >= 4 is 11.3 Å². The van der Waals surface area contributed by atoms with Crippen LogP contribution in [0, 0.1) is 6.92 Å². The summed E-state index contributed by atoms with van der Waals surface area (Å²) in [5.74, 6) is 0.843. The number of rotatable bonds is 5. The fraction of sp³-hybridized carbons (Fsp3) is 0.400. The Labute approximate surface area is 117 Å². The fourth-order valence-corrected chi connectivity index (χ4v) is 2.55. The van der Waals surface area contributed by atoms with Crippen LogP contribution < -0.4 is 4.74 Å². The van der Waals surface area contributed by atoms with Crippen LogP contribution in [0.3, 0.4) is 0 Å². The first-order valence-electron chi connectivity index (χ1n) is 6.44. The highest BCUT2D eigenvalue weighted by Crippen LogP contribution is 2.23. The highest BCUT2D eigenvalue weighted by atomic mass is 32.1. The molecule has 0 spiro atoms. The maximum Gasteiger partial charge on any atom is 0.131 e. The summed E-state index contributed by atoms with van der Waals surface area (Å²) >= 11 is 1.67. The Kier molecular flexibility index (Phi) is 4.56. The van der Waals surface area contributed by atoms with Gasteiger partial charge in [0.1, 0.15) is 12.4 Å². The molecular formula is C15H19NO2S. The van der Waals surface area contributed by atoms with E-state index in [0.717, 1.165) is 34.0 Å². The Morgan fingerprint density at radius 3 is 2.79 bits per heavy atom. The fourth-order valence-electron chi connectivity index (χ4n) is 1.82. The SMILES string of the molecule is CCc1nc(COc2ccc(C(C)O)cc2C)cs1. The van der Waals surface area contributed by atoms with Crippen molar-refractivity contribution in [3.8, 4) is 5.75 Å². The Balaban J connectivity index is 2.03. The molecule has 3 nitrogen and oxygen atoms in total. The first kappa shape index (κ1) is 14.0. The van der Waals surface area contributed by atoms with Crippen LogP contribution in [0.1, 0.15) is 41.8 Å². The first-order chi connectivity index (χ1) is 9.10. The first-order valence-corrected chi connectivity index (χ1v) is 7.32. The Bertz CT molecular complexity index is 549. The topological polar surface area (TPSA) is 42.4 Å². The summed E-state index contributed by atoms with van der Waals surface area (Å²) in [7, 11) is 0. The second-order valence-corrected chi connectivity index (χ2v) is 5.52. The van der Waals surface area contributed by atoms with E-state index in [4.69, 9.17) is 4.74 Å². The molecule has 0 bridgehead atoms. The van der Waals surface area contributed by atoms with Gasteiger partial charge in [0.05, 0.1) is 16.8 Å². The van der Waals surface area contributed by atoms with E-state index in [1.165, 1.54) is 0 Å². The molecule has 1 aromatic heterocycles. The van der Waals surface area contributed by atoms with E-state index < -0.39 is 6.10 Å². The van der Waals surface area contributed by atoms with Crippen molar-refractivity contribution < 1.29 is 9.84 Å². The average molecular weight is 277 g/mol. The molecule has 2 rings (SSSR count). The lowest BCUT2D eigenvalue weighted by atomic mass is 10.1. The zero-order valence-electron chi connectivity index (χ0n) is 11.5. The third-order valence-electron chi connectivity index (χ3n) is 2.96. The monoisotopic (exact) mass is 277 g/mol. The van der Waals surface area contributed by atoms with Crippen molar-refractivity contribution in [2.75, 3.05) is 0 Å². The molecule has 0 aliphatic heterocycles. The van der Waals surface area contributed by atoms with Crippen molar-refractivity contribution in [2.24, 2.45) is 0 Å². The molecule has 0 radical (unpaired) electrons. The minimum Gasteiger partial charge on any atom is -0.487 e. The molecule has 0 fully saturated rings. The van der Waals surface area contributed by atoms with Crippen molar-refractivity contribution in [2.45, 2.75) is 39.9 Å². The molecule has 0 aliphatic carbocycles. The predicted octanol–water partition coefficient (Wildman–Crippen LogP) is 3.65. The van der Waals surface area contributed by atoms with Crippen LogP contribution in [0.15, 0.2) is 23.6 Å². The second kappa shape index (κ2) is 6.17. The number of aliphatic hydroxyl groups excluding tert-OH is 1. The summed E-state index contributed by atoms with van der Waals surface area (Å²) in [6.07, 6.45) is 0.519. The summed E-state index contributed by atoms with van der Waals surface area (Å²) in [5.41, 5.74) is 2.91. The maximum atomic E-state index is 9.53. The summed E-state index contributed by atoms with van der Waals surface area (Å²) in [6, 6.07) is 5.76. The molecule has 2 aromatic rings. The van der Waals surface area contributed by atoms with Gasteiger partial charge in [0.25, 0.3) is 0 Å². The maximum absolute atomic E-state index is 9.53. The molecule has 4 heteroatoms. The molecule has 1 atom stereocenters. The number of nitrogens with zero attached hydrogens (tertiary/aromatic N) is 1.